The van der Waals surface area contributed by atoms with Gasteiger partial charge >= 0.3 is 5.97 Å². The molecule has 0 bridgehead atoms. The summed E-state index contributed by atoms with van der Waals surface area (Å²) in [7, 11) is -2.54. The third-order valence-electron chi connectivity index (χ3n) is 8.67. The number of benzene rings is 1. The Hall–Kier alpha value is -2.00. The summed E-state index contributed by atoms with van der Waals surface area (Å²) in [4.78, 5) is 12.6. The number of hydrogen-bond acceptors (Lipinski definition) is 7. The van der Waals surface area contributed by atoms with Gasteiger partial charge in [-0.3, -0.25) is 8.98 Å². The fourth-order valence-electron chi connectivity index (χ4n) is 6.28. The van der Waals surface area contributed by atoms with E-state index in [9.17, 15) is 23.4 Å². The molecule has 2 N–H and O–H groups in total. The summed E-state index contributed by atoms with van der Waals surface area (Å²) in [6, 6.07) is 6.51. The Morgan fingerprint density at radius 1 is 1.10 bits per heavy atom. The zero-order valence-corrected chi connectivity index (χ0v) is 24.4. The Morgan fingerprint density at radius 2 is 1.79 bits per heavy atom. The van der Waals surface area contributed by atoms with Crippen molar-refractivity contribution in [2.24, 2.45) is 29.6 Å². The minimum Gasteiger partial charge on any atom is -0.469 e. The number of aliphatic hydroxyl groups is 2. The van der Waals surface area contributed by atoms with Gasteiger partial charge in [0.1, 0.15) is 0 Å². The summed E-state index contributed by atoms with van der Waals surface area (Å²) < 4.78 is 36.8. The van der Waals surface area contributed by atoms with E-state index in [0.717, 1.165) is 24.3 Å². The molecule has 0 amide bonds. The van der Waals surface area contributed by atoms with Gasteiger partial charge in [-0.1, -0.05) is 68.2 Å². The molecule has 5 atom stereocenters. The molecule has 2 aliphatic rings. The predicted octanol–water partition coefficient (Wildman–Crippen LogP) is 5.35. The molecule has 0 spiro atoms. The number of rotatable bonds is 13. The number of carbonyl (C=O) groups excluding carboxylic acids is 1. The van der Waals surface area contributed by atoms with Crippen LogP contribution in [0.15, 0.2) is 53.5 Å². The first-order valence-electron chi connectivity index (χ1n) is 14.4. The third-order valence-corrected chi connectivity index (χ3v) is 10.0. The number of methoxy groups -OCH3 is 1. The number of allylic oxidation sites excluding steroid dienone is 2. The summed E-state index contributed by atoms with van der Waals surface area (Å²) in [6.45, 7) is 3.96. The lowest BCUT2D eigenvalue weighted by Crippen LogP contribution is -2.28. The molecule has 7 nitrogen and oxygen atoms in total. The fraction of sp³-hybridized carbons (Fsp3) is 0.645. The first-order chi connectivity index (χ1) is 18.7. The van der Waals surface area contributed by atoms with Crippen molar-refractivity contribution in [3.63, 3.8) is 0 Å². The number of hydrogen-bond donors (Lipinski definition) is 2. The van der Waals surface area contributed by atoms with Crippen molar-refractivity contribution in [1.29, 1.82) is 0 Å². The molecule has 1 aromatic rings. The lowest BCUT2D eigenvalue weighted by molar-refractivity contribution is -0.148. The van der Waals surface area contributed by atoms with E-state index in [1.807, 2.05) is 19.1 Å². The molecule has 0 heterocycles. The van der Waals surface area contributed by atoms with Gasteiger partial charge < -0.3 is 14.9 Å². The fourth-order valence-corrected chi connectivity index (χ4v) is 7.41. The average molecular weight is 563 g/mol. The van der Waals surface area contributed by atoms with Gasteiger partial charge in [-0.25, -0.2) is 0 Å². The standard InChI is InChI=1S/C31H46O7S/c1-4-23-14-16-24(17-15-23)26(31(34)37-3)9-6-5-7-10-28-27(11-8-20-32)29(33)21-30(28)38-39(35,36)25-18-12-22(2)13-19-25/h5,7-8,11-13,18-19,23-24,26-30,32-33H,4,6,9-10,14-17,20-21H2,1-3H3/t23?,24?,26?,27-,28-,29-,30-/m1/s1. The van der Waals surface area contributed by atoms with Crippen LogP contribution < -0.4 is 0 Å². The molecule has 2 aliphatic carbocycles. The van der Waals surface area contributed by atoms with E-state index in [1.54, 1.807) is 24.3 Å². The maximum Gasteiger partial charge on any atom is 0.308 e. The van der Waals surface area contributed by atoms with Gasteiger partial charge in [-0.15, -0.1) is 0 Å². The molecule has 0 saturated heterocycles. The van der Waals surface area contributed by atoms with Crippen LogP contribution in [0.1, 0.15) is 70.3 Å². The van der Waals surface area contributed by atoms with Gasteiger partial charge in [-0.05, 0) is 68.9 Å². The zero-order chi connectivity index (χ0) is 28.4. The molecule has 0 radical (unpaired) electrons. The molecule has 39 heavy (non-hydrogen) atoms. The summed E-state index contributed by atoms with van der Waals surface area (Å²) in [5.41, 5.74) is 0.950. The Bertz CT molecular complexity index is 1050. The largest absolute Gasteiger partial charge is 0.469 e. The van der Waals surface area contributed by atoms with Crippen LogP contribution >= 0.6 is 0 Å². The van der Waals surface area contributed by atoms with Crippen molar-refractivity contribution in [1.82, 2.24) is 0 Å². The van der Waals surface area contributed by atoms with E-state index in [2.05, 4.69) is 6.92 Å². The van der Waals surface area contributed by atoms with Gasteiger partial charge in [0, 0.05) is 12.3 Å². The second-order valence-corrected chi connectivity index (χ2v) is 12.7. The SMILES string of the molecule is CCC1CCC(C(CCC=CC[C@@H]2[C@@H](C=CCO)[C@H](O)C[C@H]2OS(=O)(=O)c2ccc(C)cc2)C(=O)OC)CC1. The second kappa shape index (κ2) is 15.1. The van der Waals surface area contributed by atoms with E-state index >= 15 is 0 Å². The first-order valence-corrected chi connectivity index (χ1v) is 15.8. The second-order valence-electron chi connectivity index (χ2n) is 11.2. The Kier molecular flexibility index (Phi) is 12.2. The normalized spacial score (nSPS) is 28.7. The van der Waals surface area contributed by atoms with Crippen LogP contribution in [-0.4, -0.2) is 50.5 Å². The molecular weight excluding hydrogens is 516 g/mol. The Morgan fingerprint density at radius 3 is 2.41 bits per heavy atom. The average Bonchev–Trinajstić information content (AvgIpc) is 3.21. The van der Waals surface area contributed by atoms with Crippen LogP contribution in [0.25, 0.3) is 0 Å². The monoisotopic (exact) mass is 562 g/mol. The molecule has 0 aromatic heterocycles. The minimum atomic E-state index is -4.00. The van der Waals surface area contributed by atoms with Crippen LogP contribution in [-0.2, 0) is 23.8 Å². The number of carbonyl (C=O) groups is 1. The van der Waals surface area contributed by atoms with E-state index in [-0.39, 0.29) is 41.6 Å². The smallest absolute Gasteiger partial charge is 0.308 e. The van der Waals surface area contributed by atoms with E-state index < -0.39 is 22.3 Å². The van der Waals surface area contributed by atoms with E-state index in [1.165, 1.54) is 38.5 Å². The van der Waals surface area contributed by atoms with Crippen LogP contribution in [0, 0.1) is 36.5 Å². The highest BCUT2D eigenvalue weighted by Gasteiger charge is 2.43. The molecule has 218 valence electrons. The van der Waals surface area contributed by atoms with Gasteiger partial charge in [0.2, 0.25) is 0 Å². The summed E-state index contributed by atoms with van der Waals surface area (Å²) in [6.07, 6.45) is 13.7. The minimum absolute atomic E-state index is 0.0908. The Labute approximate surface area is 234 Å². The van der Waals surface area contributed by atoms with Gasteiger partial charge in [0.05, 0.1) is 36.7 Å². The molecule has 1 aromatic carbocycles. The molecular formula is C31H46O7S. The summed E-state index contributed by atoms with van der Waals surface area (Å²) in [5, 5.41) is 20.0. The van der Waals surface area contributed by atoms with Gasteiger partial charge in [-0.2, -0.15) is 8.42 Å². The molecule has 1 unspecified atom stereocenters. The Balaban J connectivity index is 1.65. The number of ether oxygens (including phenoxy) is 1. The van der Waals surface area contributed by atoms with Gasteiger partial charge in [0.15, 0.2) is 0 Å². The van der Waals surface area contributed by atoms with Crippen LogP contribution in [0.5, 0.6) is 0 Å². The number of aliphatic hydroxyl groups excluding tert-OH is 2. The zero-order valence-electron chi connectivity index (χ0n) is 23.6. The van der Waals surface area contributed by atoms with Crippen molar-refractivity contribution in [3.05, 3.63) is 54.1 Å². The number of esters is 1. The molecule has 2 fully saturated rings. The molecule has 3 rings (SSSR count). The highest BCUT2D eigenvalue weighted by Crippen LogP contribution is 2.40. The van der Waals surface area contributed by atoms with Crippen molar-refractivity contribution in [2.45, 2.75) is 88.7 Å². The summed E-state index contributed by atoms with van der Waals surface area (Å²) >= 11 is 0. The highest BCUT2D eigenvalue weighted by atomic mass is 32.2. The van der Waals surface area contributed by atoms with Crippen molar-refractivity contribution < 1.29 is 32.3 Å². The third kappa shape index (κ3) is 8.74. The van der Waals surface area contributed by atoms with E-state index in [4.69, 9.17) is 8.92 Å². The van der Waals surface area contributed by atoms with Crippen molar-refractivity contribution in [2.75, 3.05) is 13.7 Å². The summed E-state index contributed by atoms with van der Waals surface area (Å²) in [5.74, 6) is 0.264. The quantitative estimate of drug-likeness (QED) is 0.190. The number of aryl methyl sites for hydroxylation is 1. The van der Waals surface area contributed by atoms with E-state index in [0.29, 0.717) is 25.2 Å². The lowest BCUT2D eigenvalue weighted by Gasteiger charge is -2.32. The first kappa shape index (κ1) is 31.5. The molecule has 8 heteroatoms. The molecule has 0 aliphatic heterocycles. The van der Waals surface area contributed by atoms with Crippen molar-refractivity contribution >= 4 is 16.1 Å². The maximum atomic E-state index is 13.0. The van der Waals surface area contributed by atoms with Crippen LogP contribution in [0.3, 0.4) is 0 Å². The predicted molar refractivity (Wildman–Crippen MR) is 151 cm³/mol. The topological polar surface area (TPSA) is 110 Å². The molecule has 2 saturated carbocycles. The van der Waals surface area contributed by atoms with Crippen molar-refractivity contribution in [3.8, 4) is 0 Å². The van der Waals surface area contributed by atoms with Gasteiger partial charge in [0.25, 0.3) is 10.1 Å². The van der Waals surface area contributed by atoms with Crippen LogP contribution in [0.4, 0.5) is 0 Å². The lowest BCUT2D eigenvalue weighted by atomic mass is 9.74. The van der Waals surface area contributed by atoms with Crippen LogP contribution in [0.2, 0.25) is 0 Å². The highest BCUT2D eigenvalue weighted by molar-refractivity contribution is 7.86. The maximum absolute atomic E-state index is 13.0.